The number of fused-ring (bicyclic) bond motifs is 1. The summed E-state index contributed by atoms with van der Waals surface area (Å²) in [5.74, 6) is 0.0767. The van der Waals surface area contributed by atoms with Crippen molar-refractivity contribution in [1.82, 2.24) is 14.9 Å². The molecule has 4 rings (SSSR count). The van der Waals surface area contributed by atoms with Gasteiger partial charge in [-0.2, -0.15) is 0 Å². The first-order chi connectivity index (χ1) is 14.4. The lowest BCUT2D eigenvalue weighted by molar-refractivity contribution is 0.102. The smallest absolute Gasteiger partial charge is 0.274 e. The average molecular weight is 428 g/mol. The molecular formula is C21H25N5O3S. The Morgan fingerprint density at radius 2 is 2.07 bits per heavy atom. The summed E-state index contributed by atoms with van der Waals surface area (Å²) >= 11 is 1.56. The molecule has 0 saturated carbocycles. The van der Waals surface area contributed by atoms with Crippen LogP contribution in [0.2, 0.25) is 0 Å². The van der Waals surface area contributed by atoms with Crippen molar-refractivity contribution in [2.45, 2.75) is 20.0 Å². The second kappa shape index (κ2) is 8.45. The molecule has 1 aliphatic heterocycles. The number of carbonyl (C=O) groups excluding carboxylic acids is 1. The van der Waals surface area contributed by atoms with Gasteiger partial charge in [-0.25, -0.2) is 4.98 Å². The Balaban J connectivity index is 1.71. The maximum absolute atomic E-state index is 13.1. The second-order valence-electron chi connectivity index (χ2n) is 7.51. The van der Waals surface area contributed by atoms with Crippen molar-refractivity contribution < 1.29 is 9.53 Å². The van der Waals surface area contributed by atoms with Crippen molar-refractivity contribution in [3.8, 4) is 5.75 Å². The number of nitrogens with zero attached hydrogens (tertiary/aromatic N) is 3. The molecule has 0 unspecified atom stereocenters. The number of piperazine rings is 1. The first-order valence-electron chi connectivity index (χ1n) is 9.96. The van der Waals surface area contributed by atoms with Crippen LogP contribution in [-0.2, 0) is 7.05 Å². The second-order valence-corrected chi connectivity index (χ2v) is 8.52. The van der Waals surface area contributed by atoms with Crippen molar-refractivity contribution >= 4 is 38.3 Å². The number of rotatable bonds is 5. The molecule has 1 aromatic carbocycles. The minimum Gasteiger partial charge on any atom is -0.490 e. The van der Waals surface area contributed by atoms with Gasteiger partial charge in [-0.15, -0.1) is 0 Å². The van der Waals surface area contributed by atoms with Crippen LogP contribution in [0.1, 0.15) is 24.2 Å². The quantitative estimate of drug-likeness (QED) is 0.650. The van der Waals surface area contributed by atoms with Gasteiger partial charge in [0.1, 0.15) is 11.4 Å². The van der Waals surface area contributed by atoms with Gasteiger partial charge < -0.3 is 24.8 Å². The van der Waals surface area contributed by atoms with Crippen LogP contribution in [0, 0.1) is 0 Å². The molecule has 3 heterocycles. The molecule has 2 aromatic heterocycles. The van der Waals surface area contributed by atoms with Crippen molar-refractivity contribution in [3.05, 3.63) is 46.4 Å². The van der Waals surface area contributed by atoms with E-state index in [1.165, 1.54) is 4.57 Å². The van der Waals surface area contributed by atoms with Crippen LogP contribution >= 0.6 is 11.3 Å². The van der Waals surface area contributed by atoms with E-state index in [-0.39, 0.29) is 23.3 Å². The van der Waals surface area contributed by atoms with E-state index < -0.39 is 0 Å². The number of aromatic nitrogens is 2. The van der Waals surface area contributed by atoms with Crippen LogP contribution < -0.4 is 25.8 Å². The van der Waals surface area contributed by atoms with E-state index in [1.54, 1.807) is 42.8 Å². The Labute approximate surface area is 178 Å². The van der Waals surface area contributed by atoms with Gasteiger partial charge in [-0.1, -0.05) is 11.3 Å². The molecule has 1 aliphatic rings. The highest BCUT2D eigenvalue weighted by atomic mass is 32.1. The van der Waals surface area contributed by atoms with Gasteiger partial charge in [0.25, 0.3) is 11.5 Å². The molecule has 8 nitrogen and oxygen atoms in total. The summed E-state index contributed by atoms with van der Waals surface area (Å²) in [6.45, 7) is 7.48. The normalized spacial score (nSPS) is 14.3. The predicted molar refractivity (Wildman–Crippen MR) is 120 cm³/mol. The molecule has 0 atom stereocenters. The zero-order valence-corrected chi connectivity index (χ0v) is 18.1. The first kappa shape index (κ1) is 20.4. The van der Waals surface area contributed by atoms with Crippen molar-refractivity contribution in [2.75, 3.05) is 36.4 Å². The summed E-state index contributed by atoms with van der Waals surface area (Å²) in [7, 11) is 1.65. The number of carbonyl (C=O) groups is 1. The van der Waals surface area contributed by atoms with E-state index in [9.17, 15) is 9.59 Å². The van der Waals surface area contributed by atoms with Gasteiger partial charge >= 0.3 is 0 Å². The Kier molecular flexibility index (Phi) is 5.74. The lowest BCUT2D eigenvalue weighted by atomic mass is 10.1. The third kappa shape index (κ3) is 4.17. The summed E-state index contributed by atoms with van der Waals surface area (Å²) in [6, 6.07) is 6.93. The van der Waals surface area contributed by atoms with E-state index in [1.807, 2.05) is 19.9 Å². The predicted octanol–water partition coefficient (Wildman–Crippen LogP) is 2.44. The van der Waals surface area contributed by atoms with Crippen LogP contribution in [0.4, 0.5) is 10.8 Å². The number of hydrogen-bond donors (Lipinski definition) is 2. The lowest BCUT2D eigenvalue weighted by Gasteiger charge is -2.26. The summed E-state index contributed by atoms with van der Waals surface area (Å²) < 4.78 is 8.25. The Bertz CT molecular complexity index is 1130. The molecule has 1 saturated heterocycles. The molecule has 9 heteroatoms. The zero-order valence-electron chi connectivity index (χ0n) is 17.3. The fourth-order valence-corrected chi connectivity index (χ4v) is 4.38. The standard InChI is InChI=1S/C21H25N5O3S/c1-13(2)29-17-12-16-18(30-21(24-16)26-9-6-22-7-10-26)11-14(17)19(27)23-15-5-4-8-25(3)20(15)28/h4-5,8,11-13,22H,6-7,9-10H2,1-3H3,(H,23,27). The largest absolute Gasteiger partial charge is 0.490 e. The molecule has 1 amide bonds. The fraction of sp³-hybridized carbons (Fsp3) is 0.381. The Morgan fingerprint density at radius 1 is 1.30 bits per heavy atom. The minimum atomic E-state index is -0.382. The van der Waals surface area contributed by atoms with Gasteiger partial charge in [0.15, 0.2) is 5.13 Å². The third-order valence-corrected chi connectivity index (χ3v) is 5.92. The van der Waals surface area contributed by atoms with Gasteiger partial charge in [-0.05, 0) is 32.0 Å². The number of anilines is 2. The van der Waals surface area contributed by atoms with Crippen LogP contribution in [-0.4, -0.2) is 47.7 Å². The SMILES string of the molecule is CC(C)Oc1cc2nc(N3CCNCC3)sc2cc1C(=O)Nc1cccn(C)c1=O. The third-order valence-electron chi connectivity index (χ3n) is 4.84. The molecular weight excluding hydrogens is 402 g/mol. The number of aryl methyl sites for hydroxylation is 1. The fourth-order valence-electron chi connectivity index (χ4n) is 3.34. The van der Waals surface area contributed by atoms with Crippen molar-refractivity contribution in [2.24, 2.45) is 7.05 Å². The molecule has 2 N–H and O–H groups in total. The van der Waals surface area contributed by atoms with Gasteiger partial charge in [0.05, 0.1) is 21.9 Å². The molecule has 0 spiro atoms. The monoisotopic (exact) mass is 427 g/mol. The highest BCUT2D eigenvalue weighted by Gasteiger charge is 2.21. The summed E-state index contributed by atoms with van der Waals surface area (Å²) in [5.41, 5.74) is 1.15. The lowest BCUT2D eigenvalue weighted by Crippen LogP contribution is -2.43. The first-order valence-corrected chi connectivity index (χ1v) is 10.8. The van der Waals surface area contributed by atoms with E-state index in [0.29, 0.717) is 11.3 Å². The molecule has 3 aromatic rings. The minimum absolute atomic E-state index is 0.107. The molecule has 158 valence electrons. The highest BCUT2D eigenvalue weighted by molar-refractivity contribution is 7.22. The maximum Gasteiger partial charge on any atom is 0.274 e. The van der Waals surface area contributed by atoms with E-state index >= 15 is 0 Å². The number of benzene rings is 1. The van der Waals surface area contributed by atoms with Crippen molar-refractivity contribution in [1.29, 1.82) is 0 Å². The summed E-state index contributed by atoms with van der Waals surface area (Å²) in [4.78, 5) is 32.4. The Morgan fingerprint density at radius 3 is 2.80 bits per heavy atom. The average Bonchev–Trinajstić information content (AvgIpc) is 3.14. The van der Waals surface area contributed by atoms with Crippen LogP contribution in [0.3, 0.4) is 0 Å². The molecule has 30 heavy (non-hydrogen) atoms. The molecule has 0 aliphatic carbocycles. The summed E-state index contributed by atoms with van der Waals surface area (Å²) in [5, 5.41) is 7.01. The van der Waals surface area contributed by atoms with Crippen LogP contribution in [0.15, 0.2) is 35.3 Å². The van der Waals surface area contributed by atoms with Crippen molar-refractivity contribution in [3.63, 3.8) is 0 Å². The molecule has 1 fully saturated rings. The maximum atomic E-state index is 13.1. The van der Waals surface area contributed by atoms with Crippen LogP contribution in [0.5, 0.6) is 5.75 Å². The van der Waals surface area contributed by atoms with Gasteiger partial charge in [0.2, 0.25) is 0 Å². The van der Waals surface area contributed by atoms with Gasteiger partial charge in [0, 0.05) is 45.5 Å². The summed E-state index contributed by atoms with van der Waals surface area (Å²) in [6.07, 6.45) is 1.54. The van der Waals surface area contributed by atoms with E-state index in [0.717, 1.165) is 41.5 Å². The number of ether oxygens (including phenoxy) is 1. The van der Waals surface area contributed by atoms with E-state index in [2.05, 4.69) is 15.5 Å². The Hall–Kier alpha value is -2.91. The van der Waals surface area contributed by atoms with Crippen LogP contribution in [0.25, 0.3) is 10.2 Å². The number of amides is 1. The number of hydrogen-bond acceptors (Lipinski definition) is 7. The topological polar surface area (TPSA) is 88.5 Å². The number of pyridine rings is 1. The molecule has 0 radical (unpaired) electrons. The number of thiazole rings is 1. The number of nitrogens with one attached hydrogen (secondary N) is 2. The highest BCUT2D eigenvalue weighted by Crippen LogP contribution is 2.34. The van der Waals surface area contributed by atoms with E-state index in [4.69, 9.17) is 9.72 Å². The molecule has 0 bridgehead atoms. The zero-order chi connectivity index (χ0) is 21.3. The van der Waals surface area contributed by atoms with Gasteiger partial charge in [-0.3, -0.25) is 9.59 Å².